The highest BCUT2D eigenvalue weighted by Crippen LogP contribution is 2.26. The fourth-order valence-electron chi connectivity index (χ4n) is 2.61. The van der Waals surface area contributed by atoms with Crippen molar-refractivity contribution in [3.63, 3.8) is 0 Å². The van der Waals surface area contributed by atoms with E-state index in [9.17, 15) is 4.79 Å². The van der Waals surface area contributed by atoms with Crippen molar-refractivity contribution < 1.29 is 9.53 Å². The van der Waals surface area contributed by atoms with Crippen LogP contribution in [-0.4, -0.2) is 26.4 Å². The van der Waals surface area contributed by atoms with Gasteiger partial charge in [-0.15, -0.1) is 16.8 Å². The molecular weight excluding hydrogens is 443 g/mol. The molecule has 0 atom stereocenters. The van der Waals surface area contributed by atoms with E-state index in [-0.39, 0.29) is 18.3 Å². The summed E-state index contributed by atoms with van der Waals surface area (Å²) in [6.07, 6.45) is 1.75. The van der Waals surface area contributed by atoms with Crippen molar-refractivity contribution >= 4 is 46.6 Å². The lowest BCUT2D eigenvalue weighted by atomic mass is 10.2. The first kappa shape index (κ1) is 22.2. The second kappa shape index (κ2) is 10.5. The average molecular weight is 463 g/mol. The number of thioether (sulfide) groups is 1. The summed E-state index contributed by atoms with van der Waals surface area (Å²) in [5, 5.41) is 12.7. The molecule has 1 aromatic heterocycles. The monoisotopic (exact) mass is 462 g/mol. The van der Waals surface area contributed by atoms with Crippen LogP contribution in [0.25, 0.3) is 0 Å². The zero-order valence-corrected chi connectivity index (χ0v) is 18.6. The molecule has 1 N–H and O–H groups in total. The Morgan fingerprint density at radius 1 is 1.27 bits per heavy atom. The molecule has 0 aliphatic carbocycles. The summed E-state index contributed by atoms with van der Waals surface area (Å²) < 4.78 is 7.70. The van der Waals surface area contributed by atoms with Crippen molar-refractivity contribution in [1.29, 1.82) is 0 Å². The first-order valence-corrected chi connectivity index (χ1v) is 10.8. The van der Waals surface area contributed by atoms with Crippen LogP contribution in [0.2, 0.25) is 10.0 Å². The highest BCUT2D eigenvalue weighted by Gasteiger charge is 2.15. The quantitative estimate of drug-likeness (QED) is 0.341. The van der Waals surface area contributed by atoms with Crippen molar-refractivity contribution in [3.05, 3.63) is 76.6 Å². The molecule has 30 heavy (non-hydrogen) atoms. The normalized spacial score (nSPS) is 10.6. The Morgan fingerprint density at radius 3 is 2.83 bits per heavy atom. The van der Waals surface area contributed by atoms with E-state index in [4.69, 9.17) is 27.9 Å². The summed E-state index contributed by atoms with van der Waals surface area (Å²) in [5.41, 5.74) is 1.62. The molecule has 0 aliphatic heterocycles. The first-order valence-electron chi connectivity index (χ1n) is 9.06. The molecule has 0 spiro atoms. The van der Waals surface area contributed by atoms with Crippen LogP contribution in [0.5, 0.6) is 5.75 Å². The maximum Gasteiger partial charge on any atom is 0.234 e. The lowest BCUT2D eigenvalue weighted by molar-refractivity contribution is -0.113. The second-order valence-corrected chi connectivity index (χ2v) is 8.15. The average Bonchev–Trinajstić information content (AvgIpc) is 3.09. The Morgan fingerprint density at radius 2 is 2.10 bits per heavy atom. The number of benzene rings is 2. The Balaban J connectivity index is 1.62. The largest absolute Gasteiger partial charge is 0.486 e. The number of hydrogen-bond acceptors (Lipinski definition) is 5. The van der Waals surface area contributed by atoms with E-state index in [1.54, 1.807) is 24.3 Å². The van der Waals surface area contributed by atoms with Crippen molar-refractivity contribution in [3.8, 4) is 5.75 Å². The zero-order valence-electron chi connectivity index (χ0n) is 16.3. The number of aryl methyl sites for hydroxylation is 1. The molecule has 0 bridgehead atoms. The Bertz CT molecular complexity index is 1060. The molecule has 0 fully saturated rings. The summed E-state index contributed by atoms with van der Waals surface area (Å²) in [7, 11) is 0. The van der Waals surface area contributed by atoms with Crippen molar-refractivity contribution in [2.75, 3.05) is 11.1 Å². The van der Waals surface area contributed by atoms with Gasteiger partial charge >= 0.3 is 0 Å². The number of ether oxygens (including phenoxy) is 1. The molecule has 3 rings (SSSR count). The predicted molar refractivity (Wildman–Crippen MR) is 122 cm³/mol. The van der Waals surface area contributed by atoms with Gasteiger partial charge in [-0.25, -0.2) is 0 Å². The number of hydrogen-bond donors (Lipinski definition) is 1. The van der Waals surface area contributed by atoms with Crippen molar-refractivity contribution in [2.24, 2.45) is 0 Å². The van der Waals surface area contributed by atoms with E-state index in [0.29, 0.717) is 33.3 Å². The van der Waals surface area contributed by atoms with Crippen LogP contribution in [0.1, 0.15) is 11.4 Å². The molecule has 0 aliphatic rings. The molecular formula is C21H20Cl2N4O2S. The standard InChI is InChI=1S/C21H20Cl2N4O2S/c1-3-9-27-19(12-29-16-6-4-5-14(2)10-16)25-26-21(27)30-13-20(28)24-18-8-7-15(22)11-17(18)23/h3-8,10-11H,1,9,12-13H2,2H3,(H,24,28). The number of halogens is 2. The molecule has 2 aromatic carbocycles. The minimum absolute atomic E-state index is 0.146. The summed E-state index contributed by atoms with van der Waals surface area (Å²) in [5.74, 6) is 1.35. The number of carbonyl (C=O) groups excluding carboxylic acids is 1. The van der Waals surface area contributed by atoms with Gasteiger partial charge < -0.3 is 10.1 Å². The van der Waals surface area contributed by atoms with Gasteiger partial charge in [0.2, 0.25) is 5.91 Å². The minimum Gasteiger partial charge on any atom is -0.486 e. The lowest BCUT2D eigenvalue weighted by Crippen LogP contribution is -2.15. The third kappa shape index (κ3) is 6.01. The van der Waals surface area contributed by atoms with E-state index >= 15 is 0 Å². The number of carbonyl (C=O) groups is 1. The molecule has 9 heteroatoms. The van der Waals surface area contributed by atoms with Gasteiger partial charge in [0.15, 0.2) is 11.0 Å². The highest BCUT2D eigenvalue weighted by atomic mass is 35.5. The Labute approximate surface area is 189 Å². The zero-order chi connectivity index (χ0) is 21.5. The van der Waals surface area contributed by atoms with Crippen LogP contribution in [0.3, 0.4) is 0 Å². The summed E-state index contributed by atoms with van der Waals surface area (Å²) >= 11 is 13.3. The smallest absolute Gasteiger partial charge is 0.234 e. The van der Waals surface area contributed by atoms with Gasteiger partial charge in [0, 0.05) is 11.6 Å². The number of rotatable bonds is 9. The summed E-state index contributed by atoms with van der Waals surface area (Å²) in [4.78, 5) is 12.3. The molecule has 0 radical (unpaired) electrons. The number of nitrogens with zero attached hydrogens (tertiary/aromatic N) is 3. The second-order valence-electron chi connectivity index (χ2n) is 6.36. The molecule has 1 amide bonds. The fraction of sp³-hybridized carbons (Fsp3) is 0.190. The Kier molecular flexibility index (Phi) is 7.79. The van der Waals surface area contributed by atoms with E-state index in [0.717, 1.165) is 11.3 Å². The van der Waals surface area contributed by atoms with Crippen molar-refractivity contribution in [1.82, 2.24) is 14.8 Å². The maximum atomic E-state index is 12.3. The number of aromatic nitrogens is 3. The van der Waals surface area contributed by atoms with Crippen LogP contribution in [0.4, 0.5) is 5.69 Å². The molecule has 0 saturated carbocycles. The number of nitrogens with one attached hydrogen (secondary N) is 1. The third-order valence-electron chi connectivity index (χ3n) is 4.00. The first-order chi connectivity index (χ1) is 14.5. The SMILES string of the molecule is C=CCn1c(COc2cccc(C)c2)nnc1SCC(=O)Nc1ccc(Cl)cc1Cl. The molecule has 0 unspecified atom stereocenters. The minimum atomic E-state index is -0.213. The summed E-state index contributed by atoms with van der Waals surface area (Å²) in [6.45, 7) is 6.56. The van der Waals surface area contributed by atoms with Gasteiger partial charge in [-0.2, -0.15) is 0 Å². The van der Waals surface area contributed by atoms with Gasteiger partial charge in [0.05, 0.1) is 16.5 Å². The molecule has 3 aromatic rings. The number of allylic oxidation sites excluding steroid dienone is 1. The van der Waals surface area contributed by atoms with Crippen LogP contribution in [-0.2, 0) is 17.9 Å². The van der Waals surface area contributed by atoms with Crippen LogP contribution < -0.4 is 10.1 Å². The molecule has 1 heterocycles. The predicted octanol–water partition coefficient (Wildman–Crippen LogP) is 5.39. The summed E-state index contributed by atoms with van der Waals surface area (Å²) in [6, 6.07) is 12.7. The fourth-order valence-corrected chi connectivity index (χ4v) is 3.83. The van der Waals surface area contributed by atoms with Crippen LogP contribution in [0, 0.1) is 6.92 Å². The van der Waals surface area contributed by atoms with E-state index in [1.165, 1.54) is 11.8 Å². The molecule has 0 saturated heterocycles. The topological polar surface area (TPSA) is 69.0 Å². The van der Waals surface area contributed by atoms with Gasteiger partial charge in [-0.3, -0.25) is 9.36 Å². The highest BCUT2D eigenvalue weighted by molar-refractivity contribution is 7.99. The van der Waals surface area contributed by atoms with Crippen LogP contribution in [0.15, 0.2) is 60.3 Å². The molecule has 6 nitrogen and oxygen atoms in total. The van der Waals surface area contributed by atoms with E-state index < -0.39 is 0 Å². The van der Waals surface area contributed by atoms with E-state index in [1.807, 2.05) is 35.8 Å². The lowest BCUT2D eigenvalue weighted by Gasteiger charge is -2.10. The Hall–Kier alpha value is -2.48. The molecule has 156 valence electrons. The van der Waals surface area contributed by atoms with Gasteiger partial charge in [0.25, 0.3) is 0 Å². The number of amides is 1. The van der Waals surface area contributed by atoms with Gasteiger partial charge in [-0.1, -0.05) is 53.2 Å². The third-order valence-corrected chi connectivity index (χ3v) is 5.51. The number of anilines is 1. The van der Waals surface area contributed by atoms with Gasteiger partial charge in [0.1, 0.15) is 12.4 Å². The van der Waals surface area contributed by atoms with Crippen LogP contribution >= 0.6 is 35.0 Å². The maximum absolute atomic E-state index is 12.3. The van der Waals surface area contributed by atoms with Crippen molar-refractivity contribution in [2.45, 2.75) is 25.2 Å². The van der Waals surface area contributed by atoms with E-state index in [2.05, 4.69) is 22.1 Å². The van der Waals surface area contributed by atoms with Gasteiger partial charge in [-0.05, 0) is 42.8 Å².